The lowest BCUT2D eigenvalue weighted by atomic mass is 10.1. The van der Waals surface area contributed by atoms with Crippen molar-refractivity contribution in [3.8, 4) is 0 Å². The van der Waals surface area contributed by atoms with Gasteiger partial charge in [-0.25, -0.2) is 65.9 Å². The van der Waals surface area contributed by atoms with E-state index in [1.54, 1.807) is 16.0 Å². The Balaban J connectivity index is 0.00000155. The third kappa shape index (κ3) is 20.7. The van der Waals surface area contributed by atoms with Gasteiger partial charge in [0.2, 0.25) is 35.2 Å². The molecule has 0 unspecified atom stereocenters. The molecule has 468 valence electrons. The maximum Gasteiger partial charge on any atom is 0.258 e. The molecule has 0 saturated heterocycles. The van der Waals surface area contributed by atoms with Crippen molar-refractivity contribution in [3.63, 3.8) is 0 Å². The van der Waals surface area contributed by atoms with Gasteiger partial charge in [0.1, 0.15) is 34.8 Å². The van der Waals surface area contributed by atoms with Crippen molar-refractivity contribution < 1.29 is 112 Å². The van der Waals surface area contributed by atoms with Gasteiger partial charge in [-0.1, -0.05) is 53.4 Å². The summed E-state index contributed by atoms with van der Waals surface area (Å²) in [6, 6.07) is -5.09. The average molecular weight is 1230 g/mol. The zero-order valence-corrected chi connectivity index (χ0v) is 47.3. The first kappa shape index (κ1) is 74.7. The van der Waals surface area contributed by atoms with Crippen molar-refractivity contribution in [1.82, 2.24) is 36.8 Å². The van der Waals surface area contributed by atoms with Gasteiger partial charge in [-0.2, -0.15) is 0 Å². The van der Waals surface area contributed by atoms with Crippen LogP contribution in [0.5, 0.6) is 0 Å². The Morgan fingerprint density at radius 2 is 0.554 bits per heavy atom. The number of amides is 6. The van der Waals surface area contributed by atoms with Crippen LogP contribution in [0.4, 0.5) is 65.9 Å². The molecular formula is C53H68ClF15N8O6. The number of rotatable bonds is 31. The van der Waals surface area contributed by atoms with Gasteiger partial charge in [-0.3, -0.25) is 33.7 Å². The number of hydrogen-bond acceptors (Lipinski definition) is 7. The molecule has 3 aromatic rings. The summed E-state index contributed by atoms with van der Waals surface area (Å²) >= 11 is 0. The quantitative estimate of drug-likeness (QED) is 0.0160. The second-order valence-corrected chi connectivity index (χ2v) is 19.1. The lowest BCUT2D eigenvalue weighted by molar-refractivity contribution is -0.929. The predicted octanol–water partition coefficient (Wildman–Crippen LogP) is 5.58. The summed E-state index contributed by atoms with van der Waals surface area (Å²) < 4.78 is 207. The van der Waals surface area contributed by atoms with Crippen molar-refractivity contribution in [1.29, 1.82) is 0 Å². The molecule has 6 N–H and O–H groups in total. The minimum absolute atomic E-state index is 0. The van der Waals surface area contributed by atoms with Crippen molar-refractivity contribution in [2.24, 2.45) is 0 Å². The first-order valence-corrected chi connectivity index (χ1v) is 26.4. The molecule has 0 bridgehead atoms. The SMILES string of the molecule is CCCCC[N+](CCCC)(CCCC)CCCC.C[C@H](NC(=O)c1c(F)c(F)c(F)c(F)c1F)C(=O)NCCN(CCNC(=O)[C@H](C)NC(=O)c1c(F)c(F)c(F)c(F)c1F)CCNC(=O)[C@H](C)NC(=O)c1c(F)c(F)c(F)c(F)c1F.[Cl-]. The first-order chi connectivity index (χ1) is 38.5. The first-order valence-electron chi connectivity index (χ1n) is 26.4. The zero-order valence-electron chi connectivity index (χ0n) is 46.6. The highest BCUT2D eigenvalue weighted by atomic mass is 35.5. The van der Waals surface area contributed by atoms with E-state index in [2.05, 4.69) is 43.6 Å². The topological polar surface area (TPSA) is 178 Å². The molecular weight excluding hydrogens is 1170 g/mol. The van der Waals surface area contributed by atoms with E-state index in [9.17, 15) is 94.6 Å². The van der Waals surface area contributed by atoms with E-state index in [0.29, 0.717) is 0 Å². The summed E-state index contributed by atoms with van der Waals surface area (Å²) in [5, 5.41) is 11.9. The number of carbonyl (C=O) groups is 6. The fourth-order valence-corrected chi connectivity index (χ4v) is 8.07. The highest BCUT2D eigenvalue weighted by Crippen LogP contribution is 2.26. The van der Waals surface area contributed by atoms with Gasteiger partial charge in [0.25, 0.3) is 17.7 Å². The number of carbonyl (C=O) groups excluding carboxylic acids is 6. The molecule has 0 aliphatic heterocycles. The standard InChI is InChI=1S/C36H30F15N7O6.C17H38N.ClH/c1-10(55-34(62)13-16(37)22(43)28(49)23(44)17(13)38)31(59)52-4-7-58(8-5-53-32(60)11(2)56-35(63)14-18(39)24(45)29(50)25(46)19(14)40)9-6-54-33(61)12(3)57-36(64)15-20(41)26(47)30(51)27(48)21(15)42;1-5-9-13-17-18(14-10-6-2,15-11-7-3)16-12-8-4;/h10-12H,4-9H2,1-3H3,(H,52,59)(H,53,60)(H,54,61)(H,55,62)(H,56,63)(H,57,64);5-17H2,1-4H3;1H/q;+1;/p-1/t10-,11-,12-;;/m0../s1. The summed E-state index contributed by atoms with van der Waals surface area (Å²) in [7, 11) is 0. The maximum atomic E-state index is 14.1. The van der Waals surface area contributed by atoms with Crippen LogP contribution >= 0.6 is 0 Å². The molecule has 3 aromatic carbocycles. The highest BCUT2D eigenvalue weighted by molar-refractivity contribution is 5.99. The molecule has 6 amide bonds. The molecule has 3 atom stereocenters. The highest BCUT2D eigenvalue weighted by Gasteiger charge is 2.34. The molecule has 0 radical (unpaired) electrons. The third-order valence-corrected chi connectivity index (χ3v) is 12.9. The van der Waals surface area contributed by atoms with Crippen LogP contribution in [0, 0.1) is 87.3 Å². The Morgan fingerprint density at radius 3 is 0.771 bits per heavy atom. The lowest BCUT2D eigenvalue weighted by Gasteiger charge is -2.39. The zero-order chi connectivity index (χ0) is 62.3. The number of hydrogen-bond donors (Lipinski definition) is 6. The summed E-state index contributed by atoms with van der Waals surface area (Å²) in [6.45, 7) is 15.8. The minimum Gasteiger partial charge on any atom is -1.00 e. The Labute approximate surface area is 476 Å². The van der Waals surface area contributed by atoms with Crippen LogP contribution in [0.2, 0.25) is 0 Å². The molecule has 0 spiro atoms. The van der Waals surface area contributed by atoms with Gasteiger partial charge in [-0.15, -0.1) is 0 Å². The molecule has 3 rings (SSSR count). The van der Waals surface area contributed by atoms with E-state index in [1.807, 2.05) is 0 Å². The molecule has 0 heterocycles. The molecule has 30 heteroatoms. The van der Waals surface area contributed by atoms with Crippen molar-refractivity contribution in [2.75, 3.05) is 65.4 Å². The van der Waals surface area contributed by atoms with Crippen molar-refractivity contribution in [3.05, 3.63) is 104 Å². The number of unbranched alkanes of at least 4 members (excludes halogenated alkanes) is 5. The van der Waals surface area contributed by atoms with Crippen LogP contribution in [0.1, 0.15) is 137 Å². The van der Waals surface area contributed by atoms with E-state index >= 15 is 0 Å². The van der Waals surface area contributed by atoms with Crippen LogP contribution in [-0.4, -0.2) is 128 Å². The lowest BCUT2D eigenvalue weighted by Crippen LogP contribution is -3.00. The summed E-state index contributed by atoms with van der Waals surface area (Å²) in [5.74, 6) is -46.2. The average Bonchev–Trinajstić information content (AvgIpc) is 3.65. The van der Waals surface area contributed by atoms with Crippen molar-refractivity contribution in [2.45, 2.75) is 124 Å². The molecule has 0 saturated carbocycles. The monoisotopic (exact) mass is 1230 g/mol. The maximum absolute atomic E-state index is 14.1. The molecule has 0 fully saturated rings. The van der Waals surface area contributed by atoms with Gasteiger partial charge >= 0.3 is 0 Å². The Hall–Kier alpha value is -6.36. The molecule has 0 aliphatic rings. The van der Waals surface area contributed by atoms with E-state index in [0.717, 1.165) is 20.8 Å². The predicted molar refractivity (Wildman–Crippen MR) is 269 cm³/mol. The van der Waals surface area contributed by atoms with Gasteiger partial charge in [0.15, 0.2) is 69.8 Å². The number of benzene rings is 3. The summed E-state index contributed by atoms with van der Waals surface area (Å²) in [5.41, 5.74) is -5.70. The second kappa shape index (κ2) is 35.7. The van der Waals surface area contributed by atoms with Gasteiger partial charge in [-0.05, 0) is 52.9 Å². The number of halogens is 16. The van der Waals surface area contributed by atoms with E-state index < -0.39 is 177 Å². The van der Waals surface area contributed by atoms with Gasteiger partial charge < -0.3 is 48.8 Å². The number of nitrogens with zero attached hydrogens (tertiary/aromatic N) is 2. The third-order valence-electron chi connectivity index (χ3n) is 12.9. The van der Waals surface area contributed by atoms with Crippen LogP contribution < -0.4 is 44.3 Å². The normalized spacial score (nSPS) is 12.3. The Kier molecular flexibility index (Phi) is 32.1. The summed E-state index contributed by atoms with van der Waals surface area (Å²) in [4.78, 5) is 76.3. The molecule has 0 aliphatic carbocycles. The van der Waals surface area contributed by atoms with Gasteiger partial charge in [0.05, 0.1) is 26.2 Å². The summed E-state index contributed by atoms with van der Waals surface area (Å²) in [6.07, 6.45) is 12.5. The largest absolute Gasteiger partial charge is 1.00 e. The van der Waals surface area contributed by atoms with Crippen LogP contribution in [-0.2, 0) is 14.4 Å². The smallest absolute Gasteiger partial charge is 0.258 e. The fourth-order valence-electron chi connectivity index (χ4n) is 8.07. The van der Waals surface area contributed by atoms with Gasteiger partial charge in [0, 0.05) is 39.3 Å². The number of nitrogens with one attached hydrogen (secondary N) is 6. The second-order valence-electron chi connectivity index (χ2n) is 19.1. The Bertz CT molecular complexity index is 2370. The molecule has 14 nitrogen and oxygen atoms in total. The van der Waals surface area contributed by atoms with E-state index in [-0.39, 0.29) is 32.0 Å². The van der Waals surface area contributed by atoms with E-state index in [4.69, 9.17) is 0 Å². The molecule has 83 heavy (non-hydrogen) atoms. The van der Waals surface area contributed by atoms with Crippen LogP contribution in [0.15, 0.2) is 0 Å². The minimum atomic E-state index is -2.56. The van der Waals surface area contributed by atoms with Crippen LogP contribution in [0.3, 0.4) is 0 Å². The number of quaternary nitrogens is 1. The van der Waals surface area contributed by atoms with Crippen molar-refractivity contribution >= 4 is 35.4 Å². The fraction of sp³-hybridized carbons (Fsp3) is 0.547. The van der Waals surface area contributed by atoms with E-state index in [1.165, 1.54) is 93.3 Å². The Morgan fingerprint density at radius 1 is 0.349 bits per heavy atom. The molecule has 0 aromatic heterocycles. The van der Waals surface area contributed by atoms with Crippen LogP contribution in [0.25, 0.3) is 0 Å².